The number of furan rings is 1. The number of benzene rings is 1. The predicted octanol–water partition coefficient (Wildman–Crippen LogP) is 6.43. The Labute approximate surface area is 247 Å². The van der Waals surface area contributed by atoms with Crippen molar-refractivity contribution in [2.45, 2.75) is 45.6 Å². The summed E-state index contributed by atoms with van der Waals surface area (Å²) in [6.07, 6.45) is 0. The van der Waals surface area contributed by atoms with E-state index in [0.717, 1.165) is 5.56 Å². The number of aromatic carboxylic acids is 1. The lowest BCUT2D eigenvalue weighted by Crippen LogP contribution is -2.61. The molecule has 1 N–H and O–H groups in total. The lowest BCUT2D eigenvalue weighted by molar-refractivity contribution is 0.0482. The molecule has 4 heterocycles. The molecule has 1 aliphatic rings. The maximum Gasteiger partial charge on any atom is 0.341 e. The number of carbonyl (C=O) groups excluding carboxylic acids is 1. The second-order valence-corrected chi connectivity index (χ2v) is 12.4. The fourth-order valence-corrected chi connectivity index (χ4v) is 5.39. The summed E-state index contributed by atoms with van der Waals surface area (Å²) in [5, 5.41) is 9.41. The van der Waals surface area contributed by atoms with Crippen LogP contribution in [0.2, 0.25) is 5.02 Å². The molecule has 1 saturated heterocycles. The Balaban J connectivity index is 1.46. The lowest BCUT2D eigenvalue weighted by atomic mass is 9.86. The molecule has 3 aromatic heterocycles. The number of halogens is 2. The van der Waals surface area contributed by atoms with Crippen LogP contribution in [0.3, 0.4) is 0 Å². The van der Waals surface area contributed by atoms with Crippen LogP contribution in [0.15, 0.2) is 46.9 Å². The van der Waals surface area contributed by atoms with Crippen molar-refractivity contribution in [3.63, 3.8) is 0 Å². The number of aromatic nitrogens is 2. The van der Waals surface area contributed by atoms with E-state index in [4.69, 9.17) is 25.7 Å². The molecule has 0 spiro atoms. The van der Waals surface area contributed by atoms with Crippen molar-refractivity contribution < 1.29 is 28.2 Å². The fourth-order valence-electron chi connectivity index (χ4n) is 5.27. The van der Waals surface area contributed by atoms with Gasteiger partial charge in [0.05, 0.1) is 23.4 Å². The van der Waals surface area contributed by atoms with Gasteiger partial charge in [-0.2, -0.15) is 4.98 Å². The Bertz CT molecular complexity index is 1710. The van der Waals surface area contributed by atoms with Gasteiger partial charge in [0.25, 0.3) is 5.91 Å². The minimum absolute atomic E-state index is 0.0215. The van der Waals surface area contributed by atoms with Crippen LogP contribution in [0.4, 0.5) is 10.2 Å². The molecule has 4 aromatic rings. The summed E-state index contributed by atoms with van der Waals surface area (Å²) in [5.74, 6) is -1.18. The van der Waals surface area contributed by atoms with Crippen LogP contribution in [0.1, 0.15) is 61.1 Å². The molecule has 1 fully saturated rings. The third-order valence-electron chi connectivity index (χ3n) is 7.45. The number of pyridine rings is 2. The molecule has 0 unspecified atom stereocenters. The zero-order valence-corrected chi connectivity index (χ0v) is 25.0. The second-order valence-electron chi connectivity index (χ2n) is 12.0. The SMILES string of the molecule is COc1nc(N2CCN(C(=O)c3cc4nc(-c5ccc(Cl)c(F)c5)cc(C(C)(C)C)c4o3)C(C)(C)C2)ccc1C(=O)O. The summed E-state index contributed by atoms with van der Waals surface area (Å²) < 4.78 is 25.6. The van der Waals surface area contributed by atoms with Gasteiger partial charge < -0.3 is 24.1 Å². The Morgan fingerprint density at radius 1 is 1.10 bits per heavy atom. The largest absolute Gasteiger partial charge is 0.480 e. The average Bonchev–Trinajstić information content (AvgIpc) is 3.36. The standard InChI is InChI=1S/C31H32ClFN4O5/c1-30(2,3)19-14-22(17-7-9-20(32)21(33)13-17)34-23-15-24(42-26(19)23)28(38)37-12-11-36(16-31(37,4)5)25-10-8-18(29(39)40)27(35-25)41-6/h7-10,13-15H,11-12,16H2,1-6H3,(H,39,40). The van der Waals surface area contributed by atoms with Crippen LogP contribution in [0.5, 0.6) is 5.88 Å². The van der Waals surface area contributed by atoms with Gasteiger partial charge in [-0.05, 0) is 49.6 Å². The molecule has 9 nitrogen and oxygen atoms in total. The van der Waals surface area contributed by atoms with Gasteiger partial charge in [-0.1, -0.05) is 38.4 Å². The summed E-state index contributed by atoms with van der Waals surface area (Å²) in [6.45, 7) is 11.3. The molecular weight excluding hydrogens is 563 g/mol. The third kappa shape index (κ3) is 5.38. The van der Waals surface area contributed by atoms with Crippen molar-refractivity contribution in [1.82, 2.24) is 14.9 Å². The van der Waals surface area contributed by atoms with Crippen molar-refractivity contribution in [2.75, 3.05) is 31.6 Å². The van der Waals surface area contributed by atoms with E-state index < -0.39 is 17.3 Å². The molecule has 5 rings (SSSR count). The first kappa shape index (κ1) is 29.3. The number of methoxy groups -OCH3 is 1. The van der Waals surface area contributed by atoms with Crippen molar-refractivity contribution in [3.8, 4) is 17.1 Å². The molecule has 1 aromatic carbocycles. The normalized spacial score (nSPS) is 15.2. The van der Waals surface area contributed by atoms with E-state index >= 15 is 0 Å². The number of anilines is 1. The van der Waals surface area contributed by atoms with E-state index in [1.165, 1.54) is 25.3 Å². The first-order valence-corrected chi connectivity index (χ1v) is 13.8. The van der Waals surface area contributed by atoms with Crippen molar-refractivity contribution in [2.24, 2.45) is 0 Å². The van der Waals surface area contributed by atoms with Crippen LogP contribution in [-0.4, -0.2) is 64.1 Å². The van der Waals surface area contributed by atoms with E-state index in [1.54, 1.807) is 23.1 Å². The molecular formula is C31H32ClFN4O5. The number of amides is 1. The number of piperazine rings is 1. The fraction of sp³-hybridized carbons (Fsp3) is 0.355. The van der Waals surface area contributed by atoms with Crippen molar-refractivity contribution in [1.29, 1.82) is 0 Å². The second kappa shape index (κ2) is 10.6. The van der Waals surface area contributed by atoms with E-state index in [9.17, 15) is 19.1 Å². The number of carboxylic acids is 1. The molecule has 42 heavy (non-hydrogen) atoms. The molecule has 0 saturated carbocycles. The smallest absolute Gasteiger partial charge is 0.341 e. The van der Waals surface area contributed by atoms with Crippen molar-refractivity contribution in [3.05, 3.63) is 70.2 Å². The predicted molar refractivity (Wildman–Crippen MR) is 158 cm³/mol. The minimum atomic E-state index is -1.12. The molecule has 0 radical (unpaired) electrons. The zero-order valence-electron chi connectivity index (χ0n) is 24.3. The number of rotatable bonds is 5. The highest BCUT2D eigenvalue weighted by atomic mass is 35.5. The minimum Gasteiger partial charge on any atom is -0.480 e. The maximum absolute atomic E-state index is 14.3. The monoisotopic (exact) mass is 594 g/mol. The summed E-state index contributed by atoms with van der Waals surface area (Å²) in [5.41, 5.74) is 1.97. The molecule has 0 aliphatic carbocycles. The van der Waals surface area contributed by atoms with E-state index in [1.807, 2.05) is 45.6 Å². The molecule has 220 valence electrons. The quantitative estimate of drug-likeness (QED) is 0.282. The number of nitrogens with zero attached hydrogens (tertiary/aromatic N) is 4. The van der Waals surface area contributed by atoms with Gasteiger partial charge in [0.2, 0.25) is 5.88 Å². The molecule has 1 amide bonds. The highest BCUT2D eigenvalue weighted by molar-refractivity contribution is 6.30. The lowest BCUT2D eigenvalue weighted by Gasteiger charge is -2.47. The number of ether oxygens (including phenoxy) is 1. The van der Waals surface area contributed by atoms with Gasteiger partial charge in [0.1, 0.15) is 22.7 Å². The van der Waals surface area contributed by atoms with E-state index in [2.05, 4.69) is 4.98 Å². The Morgan fingerprint density at radius 3 is 2.45 bits per heavy atom. The number of carbonyl (C=O) groups is 2. The molecule has 1 aliphatic heterocycles. The van der Waals surface area contributed by atoms with E-state index in [-0.39, 0.29) is 33.5 Å². The molecule has 0 atom stereocenters. The Morgan fingerprint density at radius 2 is 1.83 bits per heavy atom. The van der Waals surface area contributed by atoms with Gasteiger partial charge in [0, 0.05) is 36.8 Å². The number of hydrogen-bond donors (Lipinski definition) is 1. The molecule has 0 bridgehead atoms. The summed E-state index contributed by atoms with van der Waals surface area (Å²) in [7, 11) is 1.38. The highest BCUT2D eigenvalue weighted by Gasteiger charge is 2.39. The average molecular weight is 595 g/mol. The van der Waals surface area contributed by atoms with Gasteiger partial charge in [0.15, 0.2) is 11.3 Å². The van der Waals surface area contributed by atoms with Gasteiger partial charge in [-0.15, -0.1) is 0 Å². The first-order chi connectivity index (χ1) is 19.7. The van der Waals surface area contributed by atoms with Gasteiger partial charge in [-0.25, -0.2) is 14.2 Å². The van der Waals surface area contributed by atoms with Crippen molar-refractivity contribution >= 4 is 40.4 Å². The topological polar surface area (TPSA) is 109 Å². The first-order valence-electron chi connectivity index (χ1n) is 13.5. The van der Waals surface area contributed by atoms with E-state index in [0.29, 0.717) is 47.8 Å². The third-order valence-corrected chi connectivity index (χ3v) is 7.76. The maximum atomic E-state index is 14.3. The highest BCUT2D eigenvalue weighted by Crippen LogP contribution is 2.36. The van der Waals surface area contributed by atoms with Crippen LogP contribution in [0.25, 0.3) is 22.4 Å². The van der Waals surface area contributed by atoms with Crippen LogP contribution in [-0.2, 0) is 5.41 Å². The number of fused-ring (bicyclic) bond motifs is 1. The summed E-state index contributed by atoms with van der Waals surface area (Å²) in [6, 6.07) is 11.2. The van der Waals surface area contributed by atoms with Crippen LogP contribution in [0, 0.1) is 5.82 Å². The number of carboxylic acid groups (broad SMARTS) is 1. The van der Waals surface area contributed by atoms with Gasteiger partial charge >= 0.3 is 5.97 Å². The van der Waals surface area contributed by atoms with Gasteiger partial charge in [-0.3, -0.25) is 4.79 Å². The Kier molecular flexibility index (Phi) is 7.39. The van der Waals surface area contributed by atoms with Crippen LogP contribution < -0.4 is 9.64 Å². The van der Waals surface area contributed by atoms with Crippen LogP contribution >= 0.6 is 11.6 Å². The summed E-state index contributed by atoms with van der Waals surface area (Å²) in [4.78, 5) is 38.2. The number of hydrogen-bond acceptors (Lipinski definition) is 7. The molecule has 11 heteroatoms. The Hall–Kier alpha value is -4.18. The summed E-state index contributed by atoms with van der Waals surface area (Å²) >= 11 is 5.89. The zero-order chi connectivity index (χ0) is 30.6.